The van der Waals surface area contributed by atoms with Crippen LogP contribution in [0.2, 0.25) is 0 Å². The predicted octanol–water partition coefficient (Wildman–Crippen LogP) is 3.73. The second-order valence-electron chi connectivity index (χ2n) is 6.93. The quantitative estimate of drug-likeness (QED) is 0.658. The zero-order chi connectivity index (χ0) is 18.8. The van der Waals surface area contributed by atoms with Crippen molar-refractivity contribution in [3.8, 4) is 0 Å². The SMILES string of the molecule is Cc1ccn(C2CCNCC2)c(=O)c1C(=O)Nc1cncc2ccccc12.Cl.Cl. The number of nitrogens with one attached hydrogen (secondary N) is 2. The van der Waals surface area contributed by atoms with Gasteiger partial charge in [-0.15, -0.1) is 24.8 Å². The standard InChI is InChI=1S/C21H22N4O2.2ClH/c1-14-8-11-25(16-6-9-22-10-7-16)21(27)19(14)20(26)24-18-13-23-12-15-4-2-3-5-17(15)18;;/h2-5,8,11-13,16,22H,6-7,9-10H2,1H3,(H,24,26);2*1H. The lowest BCUT2D eigenvalue weighted by Crippen LogP contribution is -2.37. The summed E-state index contributed by atoms with van der Waals surface area (Å²) in [6.07, 6.45) is 6.95. The molecule has 0 atom stereocenters. The van der Waals surface area contributed by atoms with E-state index < -0.39 is 0 Å². The van der Waals surface area contributed by atoms with E-state index in [0.29, 0.717) is 11.3 Å². The van der Waals surface area contributed by atoms with E-state index in [1.54, 1.807) is 23.9 Å². The van der Waals surface area contributed by atoms with Gasteiger partial charge in [0.25, 0.3) is 11.5 Å². The Balaban J connectivity index is 0.00000150. The minimum Gasteiger partial charge on any atom is -0.320 e. The van der Waals surface area contributed by atoms with Crippen molar-refractivity contribution in [1.29, 1.82) is 0 Å². The van der Waals surface area contributed by atoms with Gasteiger partial charge < -0.3 is 15.2 Å². The fraction of sp³-hybridized carbons (Fsp3) is 0.286. The molecule has 8 heteroatoms. The lowest BCUT2D eigenvalue weighted by molar-refractivity contribution is 0.102. The third-order valence-electron chi connectivity index (χ3n) is 5.17. The van der Waals surface area contributed by atoms with Crippen LogP contribution in [-0.4, -0.2) is 28.5 Å². The summed E-state index contributed by atoms with van der Waals surface area (Å²) >= 11 is 0. The summed E-state index contributed by atoms with van der Waals surface area (Å²) in [5.74, 6) is -0.390. The van der Waals surface area contributed by atoms with Crippen LogP contribution in [0, 0.1) is 6.92 Å². The predicted molar refractivity (Wildman–Crippen MR) is 121 cm³/mol. The number of carbonyl (C=O) groups is 1. The largest absolute Gasteiger partial charge is 0.320 e. The molecule has 3 heterocycles. The number of aryl methyl sites for hydroxylation is 1. The molecule has 2 aromatic heterocycles. The fourth-order valence-corrected chi connectivity index (χ4v) is 3.69. The smallest absolute Gasteiger partial charge is 0.263 e. The molecule has 0 unspecified atom stereocenters. The van der Waals surface area contributed by atoms with Crippen LogP contribution < -0.4 is 16.2 Å². The number of halogens is 2. The number of aromatic nitrogens is 2. The number of hydrogen-bond donors (Lipinski definition) is 2. The number of anilines is 1. The third kappa shape index (κ3) is 4.61. The second kappa shape index (κ2) is 9.87. The van der Waals surface area contributed by atoms with Crippen LogP contribution in [0.1, 0.15) is 34.8 Å². The van der Waals surface area contributed by atoms with Crippen LogP contribution in [0.3, 0.4) is 0 Å². The Morgan fingerprint density at radius 1 is 1.14 bits per heavy atom. The first kappa shape index (κ1) is 22.9. The van der Waals surface area contributed by atoms with E-state index in [1.807, 2.05) is 36.5 Å². The van der Waals surface area contributed by atoms with Gasteiger partial charge in [0.05, 0.1) is 11.9 Å². The van der Waals surface area contributed by atoms with Gasteiger partial charge >= 0.3 is 0 Å². The Kier molecular flexibility index (Phi) is 7.79. The Morgan fingerprint density at radius 3 is 2.62 bits per heavy atom. The molecule has 2 N–H and O–H groups in total. The summed E-state index contributed by atoms with van der Waals surface area (Å²) in [7, 11) is 0. The number of carbonyl (C=O) groups excluding carboxylic acids is 1. The Hall–Kier alpha value is -2.41. The van der Waals surface area contributed by atoms with Gasteiger partial charge in [0, 0.05) is 29.2 Å². The second-order valence-corrected chi connectivity index (χ2v) is 6.93. The molecule has 0 saturated carbocycles. The molecule has 29 heavy (non-hydrogen) atoms. The van der Waals surface area contributed by atoms with Gasteiger partial charge in [-0.05, 0) is 44.5 Å². The number of amides is 1. The summed E-state index contributed by atoms with van der Waals surface area (Å²) in [5, 5.41) is 8.02. The van der Waals surface area contributed by atoms with Gasteiger partial charge in [0.1, 0.15) is 5.56 Å². The van der Waals surface area contributed by atoms with Crippen LogP contribution in [0.5, 0.6) is 0 Å². The molecule has 0 spiro atoms. The van der Waals surface area contributed by atoms with E-state index in [0.717, 1.165) is 36.7 Å². The molecule has 1 fully saturated rings. The van der Waals surface area contributed by atoms with Crippen molar-refractivity contribution in [2.24, 2.45) is 0 Å². The molecular formula is C21H24Cl2N4O2. The number of piperidine rings is 1. The molecule has 0 bridgehead atoms. The van der Waals surface area contributed by atoms with Crippen LogP contribution in [0.25, 0.3) is 10.8 Å². The van der Waals surface area contributed by atoms with Crippen LogP contribution in [0.4, 0.5) is 5.69 Å². The zero-order valence-electron chi connectivity index (χ0n) is 16.1. The summed E-state index contributed by atoms with van der Waals surface area (Å²) in [5.41, 5.74) is 1.25. The fourth-order valence-electron chi connectivity index (χ4n) is 3.69. The first-order valence-corrected chi connectivity index (χ1v) is 9.21. The molecule has 1 saturated heterocycles. The zero-order valence-corrected chi connectivity index (χ0v) is 17.7. The number of fused-ring (bicyclic) bond motifs is 1. The van der Waals surface area contributed by atoms with Crippen LogP contribution >= 0.6 is 24.8 Å². The summed E-state index contributed by atoms with van der Waals surface area (Å²) < 4.78 is 1.71. The highest BCUT2D eigenvalue weighted by atomic mass is 35.5. The molecule has 3 aromatic rings. The van der Waals surface area contributed by atoms with Crippen molar-refractivity contribution in [1.82, 2.24) is 14.9 Å². The molecule has 1 aliphatic rings. The van der Waals surface area contributed by atoms with Gasteiger partial charge in [-0.2, -0.15) is 0 Å². The highest BCUT2D eigenvalue weighted by molar-refractivity contribution is 6.09. The number of rotatable bonds is 3. The first-order chi connectivity index (χ1) is 13.1. The van der Waals surface area contributed by atoms with E-state index in [2.05, 4.69) is 15.6 Å². The molecule has 4 rings (SSSR count). The van der Waals surface area contributed by atoms with Crippen molar-refractivity contribution in [2.75, 3.05) is 18.4 Å². The maximum absolute atomic E-state index is 13.1. The van der Waals surface area contributed by atoms with Gasteiger partial charge in [-0.1, -0.05) is 24.3 Å². The highest BCUT2D eigenvalue weighted by Gasteiger charge is 2.21. The summed E-state index contributed by atoms with van der Waals surface area (Å²) in [6, 6.07) is 9.68. The third-order valence-corrected chi connectivity index (χ3v) is 5.17. The number of pyridine rings is 2. The average molecular weight is 435 g/mol. The number of nitrogens with zero attached hydrogens (tertiary/aromatic N) is 2. The molecule has 6 nitrogen and oxygen atoms in total. The van der Waals surface area contributed by atoms with E-state index in [4.69, 9.17) is 0 Å². The molecular weight excluding hydrogens is 411 g/mol. The van der Waals surface area contributed by atoms with E-state index >= 15 is 0 Å². The Morgan fingerprint density at radius 2 is 1.86 bits per heavy atom. The molecule has 0 aliphatic carbocycles. The van der Waals surface area contributed by atoms with Gasteiger partial charge in [-0.25, -0.2) is 0 Å². The van der Waals surface area contributed by atoms with E-state index in [1.165, 1.54) is 0 Å². The van der Waals surface area contributed by atoms with Crippen molar-refractivity contribution >= 4 is 47.2 Å². The maximum Gasteiger partial charge on any atom is 0.263 e. The topological polar surface area (TPSA) is 76.0 Å². The molecule has 1 amide bonds. The maximum atomic E-state index is 13.1. The lowest BCUT2D eigenvalue weighted by Gasteiger charge is -2.25. The van der Waals surface area contributed by atoms with Crippen LogP contribution in [0.15, 0.2) is 53.7 Å². The van der Waals surface area contributed by atoms with Crippen molar-refractivity contribution < 1.29 is 4.79 Å². The molecule has 154 valence electrons. The van der Waals surface area contributed by atoms with Crippen LogP contribution in [-0.2, 0) is 0 Å². The lowest BCUT2D eigenvalue weighted by atomic mass is 10.0. The normalized spacial score (nSPS) is 14.0. The highest BCUT2D eigenvalue weighted by Crippen LogP contribution is 2.22. The Labute approximate surface area is 181 Å². The summed E-state index contributed by atoms with van der Waals surface area (Å²) in [4.78, 5) is 30.2. The van der Waals surface area contributed by atoms with E-state index in [-0.39, 0.29) is 47.9 Å². The van der Waals surface area contributed by atoms with Gasteiger partial charge in [0.2, 0.25) is 0 Å². The van der Waals surface area contributed by atoms with Crippen molar-refractivity contribution in [2.45, 2.75) is 25.8 Å². The minimum atomic E-state index is -0.390. The molecule has 1 aromatic carbocycles. The first-order valence-electron chi connectivity index (χ1n) is 9.21. The van der Waals surface area contributed by atoms with Crippen molar-refractivity contribution in [3.05, 3.63) is 70.4 Å². The molecule has 1 aliphatic heterocycles. The van der Waals surface area contributed by atoms with Gasteiger partial charge in [-0.3, -0.25) is 14.6 Å². The van der Waals surface area contributed by atoms with E-state index in [9.17, 15) is 9.59 Å². The summed E-state index contributed by atoms with van der Waals surface area (Å²) in [6.45, 7) is 3.56. The Bertz CT molecular complexity index is 1060. The minimum absolute atomic E-state index is 0. The number of benzene rings is 1. The average Bonchev–Trinajstić information content (AvgIpc) is 2.69. The van der Waals surface area contributed by atoms with Crippen molar-refractivity contribution in [3.63, 3.8) is 0 Å². The van der Waals surface area contributed by atoms with Gasteiger partial charge in [0.15, 0.2) is 0 Å². The molecule has 0 radical (unpaired) electrons. The number of hydrogen-bond acceptors (Lipinski definition) is 4. The monoisotopic (exact) mass is 434 g/mol.